The van der Waals surface area contributed by atoms with E-state index in [0.717, 1.165) is 25.1 Å². The average Bonchev–Trinajstić information content (AvgIpc) is 2.31. The highest BCUT2D eigenvalue weighted by atomic mass is 16.5. The predicted octanol–water partition coefficient (Wildman–Crippen LogP) is 2.05. The highest BCUT2D eigenvalue weighted by molar-refractivity contribution is 5.28. The molecule has 100 valence electrons. The van der Waals surface area contributed by atoms with Gasteiger partial charge in [-0.2, -0.15) is 0 Å². The molecule has 1 heterocycles. The van der Waals surface area contributed by atoms with Crippen LogP contribution in [0.25, 0.3) is 0 Å². The molecule has 1 aliphatic heterocycles. The molecular formula is C15H24N2O. The molecule has 2 unspecified atom stereocenters. The van der Waals surface area contributed by atoms with Crippen LogP contribution in [0.1, 0.15) is 25.3 Å². The molecule has 18 heavy (non-hydrogen) atoms. The topological polar surface area (TPSA) is 38.5 Å². The molecule has 0 aromatic heterocycles. The van der Waals surface area contributed by atoms with Crippen LogP contribution in [0.15, 0.2) is 24.3 Å². The third-order valence-electron chi connectivity index (χ3n) is 3.37. The summed E-state index contributed by atoms with van der Waals surface area (Å²) in [5.74, 6) is 0.976. The highest BCUT2D eigenvalue weighted by Crippen LogP contribution is 2.18. The van der Waals surface area contributed by atoms with Crippen LogP contribution in [-0.2, 0) is 6.42 Å². The first kappa shape index (κ1) is 13.4. The van der Waals surface area contributed by atoms with Gasteiger partial charge in [-0.05, 0) is 57.5 Å². The lowest BCUT2D eigenvalue weighted by Gasteiger charge is -2.30. The Hall–Kier alpha value is -1.06. The van der Waals surface area contributed by atoms with E-state index in [1.165, 1.54) is 18.5 Å². The molecule has 0 spiro atoms. The van der Waals surface area contributed by atoms with Crippen molar-refractivity contribution in [1.82, 2.24) is 4.90 Å². The summed E-state index contributed by atoms with van der Waals surface area (Å²) >= 11 is 0. The lowest BCUT2D eigenvalue weighted by molar-refractivity contribution is 0.104. The summed E-state index contributed by atoms with van der Waals surface area (Å²) in [5, 5.41) is 0. The SMILES string of the molecule is CC(N)Cc1ccc(OC2CCCN(C)C2)cc1. The number of hydrogen-bond acceptors (Lipinski definition) is 3. The molecule has 1 aromatic carbocycles. The van der Waals surface area contributed by atoms with Crippen LogP contribution in [-0.4, -0.2) is 37.2 Å². The highest BCUT2D eigenvalue weighted by Gasteiger charge is 2.18. The molecule has 0 amide bonds. The Morgan fingerprint density at radius 3 is 2.72 bits per heavy atom. The van der Waals surface area contributed by atoms with Gasteiger partial charge in [0, 0.05) is 12.6 Å². The van der Waals surface area contributed by atoms with Crippen LogP contribution in [0.3, 0.4) is 0 Å². The van der Waals surface area contributed by atoms with Crippen LogP contribution < -0.4 is 10.5 Å². The molecule has 3 heteroatoms. The van der Waals surface area contributed by atoms with E-state index in [0.29, 0.717) is 6.10 Å². The number of benzene rings is 1. The van der Waals surface area contributed by atoms with Crippen molar-refractivity contribution < 1.29 is 4.74 Å². The van der Waals surface area contributed by atoms with Crippen molar-refractivity contribution in [1.29, 1.82) is 0 Å². The Kier molecular flexibility index (Phi) is 4.61. The molecule has 2 rings (SSSR count). The first-order valence-electron chi connectivity index (χ1n) is 6.83. The fourth-order valence-corrected chi connectivity index (χ4v) is 2.48. The average molecular weight is 248 g/mol. The maximum absolute atomic E-state index is 6.01. The molecule has 1 saturated heterocycles. The molecule has 0 radical (unpaired) electrons. The number of nitrogens with zero attached hydrogens (tertiary/aromatic N) is 1. The summed E-state index contributed by atoms with van der Waals surface area (Å²) in [6.07, 6.45) is 3.64. The standard InChI is InChI=1S/C15H24N2O/c1-12(16)10-13-5-7-14(8-6-13)18-15-4-3-9-17(2)11-15/h5-8,12,15H,3-4,9-11,16H2,1-2H3. The van der Waals surface area contributed by atoms with Gasteiger partial charge in [0.05, 0.1) is 0 Å². The summed E-state index contributed by atoms with van der Waals surface area (Å²) in [6.45, 7) is 4.25. The van der Waals surface area contributed by atoms with Crippen LogP contribution in [0.2, 0.25) is 0 Å². The van der Waals surface area contributed by atoms with E-state index < -0.39 is 0 Å². The van der Waals surface area contributed by atoms with Crippen molar-refractivity contribution in [3.05, 3.63) is 29.8 Å². The molecule has 0 bridgehead atoms. The fraction of sp³-hybridized carbons (Fsp3) is 0.600. The molecule has 1 aliphatic rings. The van der Waals surface area contributed by atoms with Gasteiger partial charge in [0.15, 0.2) is 0 Å². The Bertz CT molecular complexity index is 361. The minimum atomic E-state index is 0.212. The van der Waals surface area contributed by atoms with Gasteiger partial charge in [-0.15, -0.1) is 0 Å². The van der Waals surface area contributed by atoms with Crippen LogP contribution in [0.4, 0.5) is 0 Å². The number of ether oxygens (including phenoxy) is 1. The van der Waals surface area contributed by atoms with E-state index in [2.05, 4.69) is 36.2 Å². The minimum absolute atomic E-state index is 0.212. The lowest BCUT2D eigenvalue weighted by Crippen LogP contribution is -2.38. The zero-order valence-corrected chi connectivity index (χ0v) is 11.4. The monoisotopic (exact) mass is 248 g/mol. The molecule has 2 N–H and O–H groups in total. The maximum Gasteiger partial charge on any atom is 0.119 e. The summed E-state index contributed by atoms with van der Waals surface area (Å²) in [6, 6.07) is 8.57. The Morgan fingerprint density at radius 1 is 1.39 bits per heavy atom. The van der Waals surface area contributed by atoms with Gasteiger partial charge in [-0.3, -0.25) is 0 Å². The van der Waals surface area contributed by atoms with Gasteiger partial charge < -0.3 is 15.4 Å². The van der Waals surface area contributed by atoms with Gasteiger partial charge in [0.25, 0.3) is 0 Å². The van der Waals surface area contributed by atoms with Crippen molar-refractivity contribution in [2.75, 3.05) is 20.1 Å². The van der Waals surface area contributed by atoms with Crippen LogP contribution in [0, 0.1) is 0 Å². The molecule has 2 atom stereocenters. The van der Waals surface area contributed by atoms with Crippen molar-refractivity contribution in [3.63, 3.8) is 0 Å². The van der Waals surface area contributed by atoms with Gasteiger partial charge >= 0.3 is 0 Å². The predicted molar refractivity (Wildman–Crippen MR) is 74.9 cm³/mol. The Morgan fingerprint density at radius 2 is 2.11 bits per heavy atom. The van der Waals surface area contributed by atoms with Crippen molar-refractivity contribution in [3.8, 4) is 5.75 Å². The first-order chi connectivity index (χ1) is 8.63. The number of hydrogen-bond donors (Lipinski definition) is 1. The zero-order valence-electron chi connectivity index (χ0n) is 11.4. The molecule has 1 aromatic rings. The molecule has 3 nitrogen and oxygen atoms in total. The van der Waals surface area contributed by atoms with Crippen LogP contribution >= 0.6 is 0 Å². The van der Waals surface area contributed by atoms with Gasteiger partial charge in [0.1, 0.15) is 11.9 Å². The molecule has 1 fully saturated rings. The second-order valence-corrected chi connectivity index (χ2v) is 5.47. The summed E-state index contributed by atoms with van der Waals surface area (Å²) in [5.41, 5.74) is 7.07. The summed E-state index contributed by atoms with van der Waals surface area (Å²) in [7, 11) is 2.15. The number of piperidine rings is 1. The largest absolute Gasteiger partial charge is 0.489 e. The van der Waals surface area contributed by atoms with E-state index in [1.807, 2.05) is 6.92 Å². The normalized spacial score (nSPS) is 22.7. The number of rotatable bonds is 4. The summed E-state index contributed by atoms with van der Waals surface area (Å²) < 4.78 is 6.01. The van der Waals surface area contributed by atoms with E-state index in [-0.39, 0.29) is 6.04 Å². The first-order valence-corrected chi connectivity index (χ1v) is 6.83. The van der Waals surface area contributed by atoms with Crippen molar-refractivity contribution >= 4 is 0 Å². The summed E-state index contributed by atoms with van der Waals surface area (Å²) in [4.78, 5) is 2.33. The van der Waals surface area contributed by atoms with Gasteiger partial charge in [-0.1, -0.05) is 12.1 Å². The number of nitrogens with two attached hydrogens (primary N) is 1. The van der Waals surface area contributed by atoms with Crippen molar-refractivity contribution in [2.24, 2.45) is 5.73 Å². The van der Waals surface area contributed by atoms with Gasteiger partial charge in [-0.25, -0.2) is 0 Å². The Balaban J connectivity index is 1.89. The molecule has 0 saturated carbocycles. The number of likely N-dealkylation sites (tertiary alicyclic amines) is 1. The second kappa shape index (κ2) is 6.21. The smallest absolute Gasteiger partial charge is 0.119 e. The third kappa shape index (κ3) is 4.00. The fourth-order valence-electron chi connectivity index (χ4n) is 2.48. The lowest BCUT2D eigenvalue weighted by atomic mass is 10.1. The van der Waals surface area contributed by atoms with E-state index in [1.54, 1.807) is 0 Å². The minimum Gasteiger partial charge on any atom is -0.489 e. The molecular weight excluding hydrogens is 224 g/mol. The third-order valence-corrected chi connectivity index (χ3v) is 3.37. The van der Waals surface area contributed by atoms with E-state index in [9.17, 15) is 0 Å². The zero-order chi connectivity index (χ0) is 13.0. The Labute approximate surface area is 110 Å². The van der Waals surface area contributed by atoms with Crippen LogP contribution in [0.5, 0.6) is 5.75 Å². The maximum atomic E-state index is 6.01. The quantitative estimate of drug-likeness (QED) is 0.886. The van der Waals surface area contributed by atoms with E-state index >= 15 is 0 Å². The van der Waals surface area contributed by atoms with Crippen molar-refractivity contribution in [2.45, 2.75) is 38.3 Å². The second-order valence-electron chi connectivity index (χ2n) is 5.47. The number of likely N-dealkylation sites (N-methyl/N-ethyl adjacent to an activating group) is 1. The molecule has 0 aliphatic carbocycles. The van der Waals surface area contributed by atoms with Gasteiger partial charge in [0.2, 0.25) is 0 Å². The van der Waals surface area contributed by atoms with E-state index in [4.69, 9.17) is 10.5 Å².